The second-order valence-electron chi connectivity index (χ2n) is 7.78. The van der Waals surface area contributed by atoms with Crippen molar-refractivity contribution >= 4 is 29.3 Å². The van der Waals surface area contributed by atoms with Crippen LogP contribution in [-0.2, 0) is 17.8 Å². The molecule has 1 aliphatic rings. The number of hydrogen-bond donors (Lipinski definition) is 1. The van der Waals surface area contributed by atoms with Crippen LogP contribution in [0.4, 0.5) is 4.79 Å². The van der Waals surface area contributed by atoms with Gasteiger partial charge in [0.25, 0.3) is 0 Å². The van der Waals surface area contributed by atoms with Gasteiger partial charge in [0.15, 0.2) is 0 Å². The molecule has 28 heavy (non-hydrogen) atoms. The van der Waals surface area contributed by atoms with Gasteiger partial charge >= 0.3 is 6.09 Å². The number of aliphatic hydroxyl groups excluding tert-OH is 1. The number of carbonyl (C=O) groups excluding carboxylic acids is 1. The number of nitrogens with zero attached hydrogens (tertiary/aromatic N) is 1. The number of methoxy groups -OCH3 is 1. The van der Waals surface area contributed by atoms with E-state index in [0.717, 1.165) is 11.1 Å². The van der Waals surface area contributed by atoms with Gasteiger partial charge in [-0.1, -0.05) is 41.4 Å². The standard InChI is InChI=1S/C21H23Cl2NO4/c1-21(2,3)28-20(26)24-10-13-6-5-12(7-14(13)11-24)19(25)15-8-16(22)17(23)9-18(15)27-4/h5-9,19,25H,10-11H2,1-4H3. The average molecular weight is 424 g/mol. The highest BCUT2D eigenvalue weighted by Gasteiger charge is 2.28. The van der Waals surface area contributed by atoms with E-state index in [1.54, 1.807) is 17.0 Å². The van der Waals surface area contributed by atoms with E-state index in [-0.39, 0.29) is 6.09 Å². The van der Waals surface area contributed by atoms with Crippen LogP contribution in [0.1, 0.15) is 49.1 Å². The van der Waals surface area contributed by atoms with Crippen molar-refractivity contribution in [1.29, 1.82) is 0 Å². The SMILES string of the molecule is COc1cc(Cl)c(Cl)cc1C(O)c1ccc2c(c1)CN(C(=O)OC(C)(C)C)C2. The van der Waals surface area contributed by atoms with E-state index in [2.05, 4.69) is 0 Å². The summed E-state index contributed by atoms with van der Waals surface area (Å²) in [6, 6.07) is 8.84. The minimum Gasteiger partial charge on any atom is -0.496 e. The molecule has 1 amide bonds. The lowest BCUT2D eigenvalue weighted by atomic mass is 9.97. The Morgan fingerprint density at radius 1 is 1.11 bits per heavy atom. The second kappa shape index (κ2) is 7.82. The van der Waals surface area contributed by atoms with Crippen molar-refractivity contribution in [2.75, 3.05) is 7.11 Å². The van der Waals surface area contributed by atoms with Gasteiger partial charge in [0.2, 0.25) is 0 Å². The molecule has 0 bridgehead atoms. The number of fused-ring (bicyclic) bond motifs is 1. The normalized spacial score (nSPS) is 14.6. The van der Waals surface area contributed by atoms with Crippen molar-refractivity contribution in [3.8, 4) is 5.75 Å². The van der Waals surface area contributed by atoms with E-state index < -0.39 is 11.7 Å². The van der Waals surface area contributed by atoms with Gasteiger partial charge in [-0.3, -0.25) is 4.90 Å². The van der Waals surface area contributed by atoms with Crippen LogP contribution in [0.5, 0.6) is 5.75 Å². The lowest BCUT2D eigenvalue weighted by Gasteiger charge is -2.24. The number of ether oxygens (including phenoxy) is 2. The molecular formula is C21H23Cl2NO4. The Morgan fingerprint density at radius 2 is 1.75 bits per heavy atom. The molecule has 0 fully saturated rings. The van der Waals surface area contributed by atoms with Crippen LogP contribution in [0.25, 0.3) is 0 Å². The fourth-order valence-corrected chi connectivity index (χ4v) is 3.48. The molecule has 1 heterocycles. The van der Waals surface area contributed by atoms with Crippen LogP contribution in [-0.4, -0.2) is 28.8 Å². The second-order valence-corrected chi connectivity index (χ2v) is 8.59. The Hall–Kier alpha value is -1.95. The molecule has 0 aliphatic carbocycles. The van der Waals surface area contributed by atoms with Gasteiger partial charge in [-0.2, -0.15) is 0 Å². The molecule has 1 N–H and O–H groups in total. The highest BCUT2D eigenvalue weighted by molar-refractivity contribution is 6.42. The van der Waals surface area contributed by atoms with E-state index in [1.807, 2.05) is 39.0 Å². The molecule has 3 rings (SSSR count). The highest BCUT2D eigenvalue weighted by Crippen LogP contribution is 2.37. The van der Waals surface area contributed by atoms with Gasteiger partial charge < -0.3 is 14.6 Å². The van der Waals surface area contributed by atoms with E-state index in [4.69, 9.17) is 32.7 Å². The molecule has 5 nitrogen and oxygen atoms in total. The number of halogens is 2. The third-order valence-corrected chi connectivity index (χ3v) is 5.21. The summed E-state index contributed by atoms with van der Waals surface area (Å²) >= 11 is 12.2. The summed E-state index contributed by atoms with van der Waals surface area (Å²) in [4.78, 5) is 14.0. The monoisotopic (exact) mass is 423 g/mol. The van der Waals surface area contributed by atoms with Gasteiger partial charge in [0.1, 0.15) is 17.5 Å². The first-order valence-electron chi connectivity index (χ1n) is 8.89. The van der Waals surface area contributed by atoms with Crippen LogP contribution in [0.3, 0.4) is 0 Å². The summed E-state index contributed by atoms with van der Waals surface area (Å²) in [5.41, 5.74) is 2.67. The fraction of sp³-hybridized carbons (Fsp3) is 0.381. The Labute approximate surface area is 174 Å². The van der Waals surface area contributed by atoms with Crippen molar-refractivity contribution in [3.05, 3.63) is 62.6 Å². The number of rotatable bonds is 3. The van der Waals surface area contributed by atoms with Crippen LogP contribution in [0, 0.1) is 0 Å². The smallest absolute Gasteiger partial charge is 0.410 e. The lowest BCUT2D eigenvalue weighted by Crippen LogP contribution is -2.33. The maximum atomic E-state index is 12.3. The molecule has 0 spiro atoms. The predicted molar refractivity (Wildman–Crippen MR) is 109 cm³/mol. The molecule has 0 radical (unpaired) electrons. The number of aliphatic hydroxyl groups is 1. The van der Waals surface area contributed by atoms with E-state index >= 15 is 0 Å². The molecule has 1 aliphatic heterocycles. The topological polar surface area (TPSA) is 59.0 Å². The third kappa shape index (κ3) is 4.37. The number of carbonyl (C=O) groups is 1. The van der Waals surface area contributed by atoms with Gasteiger partial charge in [0, 0.05) is 24.7 Å². The molecule has 2 aromatic rings. The molecule has 1 unspecified atom stereocenters. The number of amides is 1. The van der Waals surface area contributed by atoms with Gasteiger partial charge in [0.05, 0.1) is 17.2 Å². The third-order valence-electron chi connectivity index (χ3n) is 4.49. The molecule has 1 atom stereocenters. The first-order chi connectivity index (χ1) is 13.1. The zero-order valence-electron chi connectivity index (χ0n) is 16.3. The summed E-state index contributed by atoms with van der Waals surface area (Å²) in [5, 5.41) is 11.6. The Morgan fingerprint density at radius 3 is 2.39 bits per heavy atom. The molecule has 7 heteroatoms. The maximum absolute atomic E-state index is 12.3. The maximum Gasteiger partial charge on any atom is 0.410 e. The minimum absolute atomic E-state index is 0.341. The molecule has 0 saturated carbocycles. The van der Waals surface area contributed by atoms with Crippen molar-refractivity contribution in [2.45, 2.75) is 45.6 Å². The summed E-state index contributed by atoms with van der Waals surface area (Å²) in [6.07, 6.45) is -1.29. The molecule has 0 aromatic heterocycles. The van der Waals surface area contributed by atoms with Gasteiger partial charge in [-0.25, -0.2) is 4.79 Å². The first kappa shape index (κ1) is 20.8. The minimum atomic E-state index is -0.939. The number of hydrogen-bond acceptors (Lipinski definition) is 4. The molecule has 150 valence electrons. The van der Waals surface area contributed by atoms with Crippen molar-refractivity contribution in [2.24, 2.45) is 0 Å². The van der Waals surface area contributed by atoms with Crippen molar-refractivity contribution < 1.29 is 19.4 Å². The Balaban J connectivity index is 1.84. The molecule has 0 saturated heterocycles. The lowest BCUT2D eigenvalue weighted by molar-refractivity contribution is 0.0242. The van der Waals surface area contributed by atoms with Gasteiger partial charge in [-0.15, -0.1) is 0 Å². The Bertz CT molecular complexity index is 908. The largest absolute Gasteiger partial charge is 0.496 e. The molecule has 2 aromatic carbocycles. The van der Waals surface area contributed by atoms with Gasteiger partial charge in [-0.05, 0) is 43.5 Å². The average Bonchev–Trinajstić information content (AvgIpc) is 3.05. The van der Waals surface area contributed by atoms with E-state index in [0.29, 0.717) is 40.0 Å². The zero-order chi connectivity index (χ0) is 20.6. The zero-order valence-corrected chi connectivity index (χ0v) is 17.8. The summed E-state index contributed by atoms with van der Waals surface area (Å²) < 4.78 is 10.8. The predicted octanol–water partition coefficient (Wildman–Crippen LogP) is 5.33. The van der Waals surface area contributed by atoms with Crippen LogP contribution < -0.4 is 4.74 Å². The first-order valence-corrected chi connectivity index (χ1v) is 9.65. The molecular weight excluding hydrogens is 401 g/mol. The van der Waals surface area contributed by atoms with Crippen molar-refractivity contribution in [1.82, 2.24) is 4.90 Å². The van der Waals surface area contributed by atoms with E-state index in [1.165, 1.54) is 7.11 Å². The quantitative estimate of drug-likeness (QED) is 0.723. The summed E-state index contributed by atoms with van der Waals surface area (Å²) in [5.74, 6) is 0.456. The number of benzene rings is 2. The van der Waals surface area contributed by atoms with Crippen LogP contribution in [0.15, 0.2) is 30.3 Å². The highest BCUT2D eigenvalue weighted by atomic mass is 35.5. The van der Waals surface area contributed by atoms with E-state index in [9.17, 15) is 9.90 Å². The fourth-order valence-electron chi connectivity index (χ4n) is 3.15. The van der Waals surface area contributed by atoms with Crippen molar-refractivity contribution in [3.63, 3.8) is 0 Å². The van der Waals surface area contributed by atoms with Crippen LogP contribution in [0.2, 0.25) is 10.0 Å². The Kier molecular flexibility index (Phi) is 5.80. The summed E-state index contributed by atoms with van der Waals surface area (Å²) in [7, 11) is 1.51. The summed E-state index contributed by atoms with van der Waals surface area (Å²) in [6.45, 7) is 6.44. The van der Waals surface area contributed by atoms with Crippen LogP contribution >= 0.6 is 23.2 Å².